The predicted octanol–water partition coefficient (Wildman–Crippen LogP) is 10.6. The van der Waals surface area contributed by atoms with Crippen LogP contribution >= 0.6 is 0 Å². The Labute approximate surface area is 254 Å². The lowest BCUT2D eigenvalue weighted by Gasteiger charge is -2.18. The van der Waals surface area contributed by atoms with E-state index in [-0.39, 0.29) is 0 Å². The van der Waals surface area contributed by atoms with Gasteiger partial charge in [0.2, 0.25) is 0 Å². The van der Waals surface area contributed by atoms with Crippen molar-refractivity contribution < 1.29 is 0 Å². The van der Waals surface area contributed by atoms with E-state index in [4.69, 9.17) is 0 Å². The van der Waals surface area contributed by atoms with E-state index < -0.39 is 0 Å². The van der Waals surface area contributed by atoms with Crippen molar-refractivity contribution in [2.24, 2.45) is 0 Å². The van der Waals surface area contributed by atoms with E-state index in [0.29, 0.717) is 0 Å². The fourth-order valence-corrected chi connectivity index (χ4v) is 6.83. The van der Waals surface area contributed by atoms with E-state index in [0.717, 1.165) is 27.8 Å². The van der Waals surface area contributed by atoms with Gasteiger partial charge in [0, 0.05) is 36.4 Å². The van der Waals surface area contributed by atoms with E-state index in [1.807, 2.05) is 37.1 Å². The Morgan fingerprint density at radius 3 is 1.55 bits per heavy atom. The minimum absolute atomic E-state index is 1.01. The summed E-state index contributed by atoms with van der Waals surface area (Å²) in [7, 11) is 0. The van der Waals surface area contributed by atoms with Gasteiger partial charge in [-0.05, 0) is 131 Å². The second kappa shape index (κ2) is 9.82. The summed E-state index contributed by atoms with van der Waals surface area (Å²) >= 11 is 0. The molecule has 9 aromatic rings. The molecule has 0 bridgehead atoms. The summed E-state index contributed by atoms with van der Waals surface area (Å²) in [4.78, 5) is 13.1. The van der Waals surface area contributed by atoms with Gasteiger partial charge in [0.05, 0.1) is 5.52 Å². The fourth-order valence-electron chi connectivity index (χ4n) is 6.83. The molecule has 0 aliphatic rings. The molecule has 3 aromatic heterocycles. The Kier molecular flexibility index (Phi) is 5.50. The van der Waals surface area contributed by atoms with Crippen molar-refractivity contribution >= 4 is 43.2 Å². The molecule has 0 aliphatic heterocycles. The third kappa shape index (κ3) is 3.87. The number of pyridine rings is 3. The Morgan fingerprint density at radius 2 is 0.886 bits per heavy atom. The van der Waals surface area contributed by atoms with E-state index in [2.05, 4.69) is 130 Å². The largest absolute Gasteiger partial charge is 0.265 e. The average Bonchev–Trinajstić information content (AvgIpc) is 3.11. The molecular formula is C41H25N3. The van der Waals surface area contributed by atoms with Gasteiger partial charge in [0.1, 0.15) is 0 Å². The summed E-state index contributed by atoms with van der Waals surface area (Å²) in [5, 5.41) is 8.79. The predicted molar refractivity (Wildman–Crippen MR) is 183 cm³/mol. The van der Waals surface area contributed by atoms with E-state index in [9.17, 15) is 0 Å². The van der Waals surface area contributed by atoms with E-state index in [1.54, 1.807) is 0 Å². The van der Waals surface area contributed by atoms with Gasteiger partial charge in [-0.2, -0.15) is 0 Å². The highest BCUT2D eigenvalue weighted by atomic mass is 14.6. The lowest BCUT2D eigenvalue weighted by atomic mass is 9.86. The third-order valence-electron chi connectivity index (χ3n) is 8.87. The molecule has 0 fully saturated rings. The standard InChI is InChI=1S/C41H25N3/c1-3-34(36-4-2-18-44-39(36)5-1)35-11-7-29-8-12-37-33(10-6-28-9-13-38(35)41(29)40(28)37)32-24-30(26-14-19-42-20-15-26)23-31(25-32)27-16-21-43-22-17-27/h1-25H. The van der Waals surface area contributed by atoms with Crippen LogP contribution in [-0.4, -0.2) is 15.0 Å². The molecule has 3 heteroatoms. The molecule has 44 heavy (non-hydrogen) atoms. The molecule has 0 saturated heterocycles. The van der Waals surface area contributed by atoms with Crippen LogP contribution in [0, 0.1) is 0 Å². The zero-order valence-electron chi connectivity index (χ0n) is 23.8. The molecule has 3 heterocycles. The molecule has 204 valence electrons. The smallest absolute Gasteiger partial charge is 0.0708 e. The van der Waals surface area contributed by atoms with Crippen LogP contribution in [0.4, 0.5) is 0 Å². The Morgan fingerprint density at radius 1 is 0.341 bits per heavy atom. The minimum atomic E-state index is 1.01. The van der Waals surface area contributed by atoms with Gasteiger partial charge in [0.15, 0.2) is 0 Å². The molecule has 0 amide bonds. The second-order valence-corrected chi connectivity index (χ2v) is 11.3. The van der Waals surface area contributed by atoms with Gasteiger partial charge >= 0.3 is 0 Å². The molecule has 6 aromatic carbocycles. The van der Waals surface area contributed by atoms with Crippen LogP contribution < -0.4 is 0 Å². The number of hydrogen-bond acceptors (Lipinski definition) is 3. The molecule has 0 aliphatic carbocycles. The van der Waals surface area contributed by atoms with Crippen molar-refractivity contribution in [1.29, 1.82) is 0 Å². The summed E-state index contributed by atoms with van der Waals surface area (Å²) in [6, 6.07) is 44.0. The van der Waals surface area contributed by atoms with Crippen molar-refractivity contribution in [2.45, 2.75) is 0 Å². The monoisotopic (exact) mass is 559 g/mol. The summed E-state index contributed by atoms with van der Waals surface area (Å²) in [5.41, 5.74) is 10.5. The van der Waals surface area contributed by atoms with Crippen molar-refractivity contribution in [3.8, 4) is 44.5 Å². The normalized spacial score (nSPS) is 11.6. The fraction of sp³-hybridized carbons (Fsp3) is 0. The second-order valence-electron chi connectivity index (χ2n) is 11.3. The van der Waals surface area contributed by atoms with Crippen LogP contribution in [0.2, 0.25) is 0 Å². The lowest BCUT2D eigenvalue weighted by molar-refractivity contribution is 1.33. The first-order chi connectivity index (χ1) is 21.8. The number of hydrogen-bond donors (Lipinski definition) is 0. The first-order valence-corrected chi connectivity index (χ1v) is 14.8. The highest BCUT2D eigenvalue weighted by molar-refractivity contribution is 6.28. The third-order valence-corrected chi connectivity index (χ3v) is 8.87. The van der Waals surface area contributed by atoms with Crippen molar-refractivity contribution in [3.05, 3.63) is 152 Å². The molecule has 9 rings (SSSR count). The number of rotatable bonds is 4. The SMILES string of the molecule is c1cc(-c2ccc3ccc4c(-c5cc(-c6ccncc6)cc(-c6ccncc6)c5)ccc5ccc2c3c54)c2cccnc2c1. The summed E-state index contributed by atoms with van der Waals surface area (Å²) in [6.07, 6.45) is 9.28. The Hall–Kier alpha value is -5.93. The van der Waals surface area contributed by atoms with Gasteiger partial charge in [-0.1, -0.05) is 66.7 Å². The average molecular weight is 560 g/mol. The molecular weight excluding hydrogens is 534 g/mol. The Bertz CT molecular complexity index is 2420. The zero-order chi connectivity index (χ0) is 29.0. The van der Waals surface area contributed by atoms with Crippen LogP contribution in [0.1, 0.15) is 0 Å². The van der Waals surface area contributed by atoms with Crippen LogP contribution in [0.15, 0.2) is 152 Å². The van der Waals surface area contributed by atoms with Crippen LogP contribution in [-0.2, 0) is 0 Å². The first kappa shape index (κ1) is 24.6. The first-order valence-electron chi connectivity index (χ1n) is 14.8. The van der Waals surface area contributed by atoms with Crippen LogP contribution in [0.3, 0.4) is 0 Å². The molecule has 0 saturated carbocycles. The summed E-state index contributed by atoms with van der Waals surface area (Å²) in [5.74, 6) is 0. The minimum Gasteiger partial charge on any atom is -0.265 e. The van der Waals surface area contributed by atoms with Crippen molar-refractivity contribution in [3.63, 3.8) is 0 Å². The van der Waals surface area contributed by atoms with Gasteiger partial charge < -0.3 is 0 Å². The summed E-state index contributed by atoms with van der Waals surface area (Å²) in [6.45, 7) is 0. The quantitative estimate of drug-likeness (QED) is 0.201. The number of benzene rings is 6. The van der Waals surface area contributed by atoms with Gasteiger partial charge in [-0.3, -0.25) is 15.0 Å². The molecule has 0 spiro atoms. The number of aromatic nitrogens is 3. The molecule has 0 radical (unpaired) electrons. The Balaban J connectivity index is 1.32. The van der Waals surface area contributed by atoms with E-state index in [1.165, 1.54) is 60.0 Å². The molecule has 3 nitrogen and oxygen atoms in total. The lowest BCUT2D eigenvalue weighted by Crippen LogP contribution is -1.91. The number of fused-ring (bicyclic) bond motifs is 1. The molecule has 0 N–H and O–H groups in total. The van der Waals surface area contributed by atoms with Crippen LogP contribution in [0.5, 0.6) is 0 Å². The maximum Gasteiger partial charge on any atom is 0.0708 e. The topological polar surface area (TPSA) is 38.7 Å². The maximum absolute atomic E-state index is 4.63. The van der Waals surface area contributed by atoms with E-state index >= 15 is 0 Å². The van der Waals surface area contributed by atoms with Gasteiger partial charge in [-0.25, -0.2) is 0 Å². The van der Waals surface area contributed by atoms with Crippen molar-refractivity contribution in [2.75, 3.05) is 0 Å². The maximum atomic E-state index is 4.63. The van der Waals surface area contributed by atoms with Crippen molar-refractivity contribution in [1.82, 2.24) is 15.0 Å². The molecule has 0 unspecified atom stereocenters. The highest BCUT2D eigenvalue weighted by Gasteiger charge is 2.17. The van der Waals surface area contributed by atoms with Gasteiger partial charge in [-0.15, -0.1) is 0 Å². The number of nitrogens with zero attached hydrogens (tertiary/aromatic N) is 3. The summed E-state index contributed by atoms with van der Waals surface area (Å²) < 4.78 is 0. The molecule has 0 atom stereocenters. The van der Waals surface area contributed by atoms with Gasteiger partial charge in [0.25, 0.3) is 0 Å². The highest BCUT2D eigenvalue weighted by Crippen LogP contribution is 2.44. The van der Waals surface area contributed by atoms with Crippen LogP contribution in [0.25, 0.3) is 87.7 Å². The zero-order valence-corrected chi connectivity index (χ0v) is 23.8.